The summed E-state index contributed by atoms with van der Waals surface area (Å²) in [5.74, 6) is -1.52. The summed E-state index contributed by atoms with van der Waals surface area (Å²) in [4.78, 5) is 25.0. The number of nitrogens with zero attached hydrogens (tertiary/aromatic N) is 2. The predicted octanol–water partition coefficient (Wildman–Crippen LogP) is 4.10. The van der Waals surface area contributed by atoms with E-state index in [-0.39, 0.29) is 24.4 Å². The Labute approximate surface area is 187 Å². The topological polar surface area (TPSA) is 104 Å². The van der Waals surface area contributed by atoms with Crippen LogP contribution in [0.15, 0.2) is 48.7 Å². The van der Waals surface area contributed by atoms with Crippen molar-refractivity contribution >= 4 is 28.5 Å². The number of ether oxygens (including phenoxy) is 1. The number of esters is 1. The van der Waals surface area contributed by atoms with E-state index in [9.17, 15) is 27.9 Å². The number of hydrogen-bond donors (Lipinski definition) is 2. The van der Waals surface area contributed by atoms with Gasteiger partial charge in [-0.05, 0) is 38.1 Å². The van der Waals surface area contributed by atoms with Crippen LogP contribution in [-0.2, 0) is 22.3 Å². The van der Waals surface area contributed by atoms with E-state index in [0.29, 0.717) is 17.0 Å². The van der Waals surface area contributed by atoms with Gasteiger partial charge in [0.1, 0.15) is 0 Å². The number of carbonyl (C=O) groups excluding carboxylic acids is 2. The molecule has 1 amide bonds. The zero-order chi connectivity index (χ0) is 24.4. The van der Waals surface area contributed by atoms with Crippen molar-refractivity contribution in [3.8, 4) is 6.07 Å². The zero-order valence-corrected chi connectivity index (χ0v) is 17.7. The fourth-order valence-electron chi connectivity index (χ4n) is 3.37. The molecule has 10 heteroatoms. The quantitative estimate of drug-likeness (QED) is 0.540. The molecule has 0 saturated heterocycles. The highest BCUT2D eigenvalue weighted by molar-refractivity contribution is 6.04. The molecule has 172 valence electrons. The Bertz CT molecular complexity index is 1260. The lowest BCUT2D eigenvalue weighted by Crippen LogP contribution is -2.43. The van der Waals surface area contributed by atoms with Crippen LogP contribution in [0.4, 0.5) is 18.9 Å². The van der Waals surface area contributed by atoms with Gasteiger partial charge in [-0.15, -0.1) is 0 Å². The van der Waals surface area contributed by atoms with E-state index in [1.54, 1.807) is 31.2 Å². The van der Waals surface area contributed by atoms with Crippen molar-refractivity contribution in [1.82, 2.24) is 4.57 Å². The number of aromatic nitrogens is 1. The van der Waals surface area contributed by atoms with E-state index < -0.39 is 34.8 Å². The summed E-state index contributed by atoms with van der Waals surface area (Å²) in [5, 5.41) is 22.5. The molecule has 2 N–H and O–H groups in total. The molecular formula is C23H20F3N3O4. The Morgan fingerprint density at radius 1 is 1.21 bits per heavy atom. The van der Waals surface area contributed by atoms with E-state index in [1.165, 1.54) is 23.8 Å². The van der Waals surface area contributed by atoms with Gasteiger partial charge in [-0.3, -0.25) is 4.79 Å². The van der Waals surface area contributed by atoms with Crippen LogP contribution in [0.2, 0.25) is 0 Å². The third-order valence-electron chi connectivity index (χ3n) is 4.95. The largest absolute Gasteiger partial charge is 0.462 e. The Hall–Kier alpha value is -3.84. The normalized spacial score (nSPS) is 13.2. The van der Waals surface area contributed by atoms with Gasteiger partial charge in [-0.1, -0.05) is 18.2 Å². The average molecular weight is 459 g/mol. The van der Waals surface area contributed by atoms with Crippen molar-refractivity contribution in [1.29, 1.82) is 5.26 Å². The molecule has 1 aromatic heterocycles. The second-order valence-electron chi connectivity index (χ2n) is 7.51. The second-order valence-corrected chi connectivity index (χ2v) is 7.51. The lowest BCUT2D eigenvalue weighted by molar-refractivity contribution is -0.138. The molecule has 0 bridgehead atoms. The Balaban J connectivity index is 1.89. The molecule has 2 aromatic carbocycles. The lowest BCUT2D eigenvalue weighted by Gasteiger charge is -2.24. The smallest absolute Gasteiger partial charge is 0.417 e. The minimum Gasteiger partial charge on any atom is -0.462 e. The van der Waals surface area contributed by atoms with Crippen molar-refractivity contribution in [3.63, 3.8) is 0 Å². The fourth-order valence-corrected chi connectivity index (χ4v) is 3.37. The van der Waals surface area contributed by atoms with Gasteiger partial charge >= 0.3 is 12.1 Å². The standard InChI is InChI=1S/C23H20F3N3O4/c1-3-33-20(30)17-12-29(19-7-5-4-6-16(17)19)13-22(2,32)21(31)28-15-9-8-14(11-27)18(10-15)23(24,25)26/h4-10,12,32H,3,13H2,1-2H3,(H,28,31)/t22-/m0/s1. The molecule has 1 heterocycles. The van der Waals surface area contributed by atoms with Gasteiger partial charge in [-0.2, -0.15) is 18.4 Å². The number of benzene rings is 2. The summed E-state index contributed by atoms with van der Waals surface area (Å²) in [6.45, 7) is 2.75. The van der Waals surface area contributed by atoms with E-state index in [4.69, 9.17) is 10.00 Å². The number of carbonyl (C=O) groups is 2. The maximum absolute atomic E-state index is 13.2. The zero-order valence-electron chi connectivity index (χ0n) is 17.7. The Morgan fingerprint density at radius 3 is 2.55 bits per heavy atom. The minimum atomic E-state index is -4.79. The van der Waals surface area contributed by atoms with Gasteiger partial charge in [0.05, 0.1) is 35.9 Å². The van der Waals surface area contributed by atoms with Crippen LogP contribution in [0.1, 0.15) is 35.3 Å². The number of aliphatic hydroxyl groups is 1. The number of amides is 1. The highest BCUT2D eigenvalue weighted by atomic mass is 19.4. The van der Waals surface area contributed by atoms with Gasteiger partial charge in [-0.25, -0.2) is 4.79 Å². The first kappa shape index (κ1) is 23.8. The van der Waals surface area contributed by atoms with Crippen molar-refractivity contribution in [3.05, 3.63) is 65.4 Å². The summed E-state index contributed by atoms with van der Waals surface area (Å²) < 4.78 is 46.1. The second kappa shape index (κ2) is 8.96. The molecule has 7 nitrogen and oxygen atoms in total. The molecule has 3 aromatic rings. The number of alkyl halides is 3. The van der Waals surface area contributed by atoms with Gasteiger partial charge in [0.25, 0.3) is 5.91 Å². The van der Waals surface area contributed by atoms with Crippen LogP contribution in [0.3, 0.4) is 0 Å². The molecule has 3 rings (SSSR count). The summed E-state index contributed by atoms with van der Waals surface area (Å²) in [6, 6.07) is 11.0. The maximum atomic E-state index is 13.2. The predicted molar refractivity (Wildman–Crippen MR) is 113 cm³/mol. The summed E-state index contributed by atoms with van der Waals surface area (Å²) in [5.41, 5.74) is -3.25. The number of fused-ring (bicyclic) bond motifs is 1. The van der Waals surface area contributed by atoms with Crippen molar-refractivity contribution < 1.29 is 32.6 Å². The first-order valence-corrected chi connectivity index (χ1v) is 9.88. The molecular weight excluding hydrogens is 439 g/mol. The van der Waals surface area contributed by atoms with E-state index in [1.807, 2.05) is 0 Å². The van der Waals surface area contributed by atoms with Crippen LogP contribution >= 0.6 is 0 Å². The molecule has 0 saturated carbocycles. The molecule has 0 radical (unpaired) electrons. The van der Waals surface area contributed by atoms with Gasteiger partial charge < -0.3 is 19.7 Å². The fraction of sp³-hybridized carbons (Fsp3) is 0.261. The van der Waals surface area contributed by atoms with E-state index in [0.717, 1.165) is 12.1 Å². The average Bonchev–Trinajstić information content (AvgIpc) is 3.11. The van der Waals surface area contributed by atoms with E-state index >= 15 is 0 Å². The molecule has 33 heavy (non-hydrogen) atoms. The summed E-state index contributed by atoms with van der Waals surface area (Å²) >= 11 is 0. The number of halogens is 3. The van der Waals surface area contributed by atoms with Gasteiger partial charge in [0, 0.05) is 22.8 Å². The Kier molecular flexibility index (Phi) is 6.46. The van der Waals surface area contributed by atoms with E-state index in [2.05, 4.69) is 5.32 Å². The molecule has 0 fully saturated rings. The number of nitrogens with one attached hydrogen (secondary N) is 1. The third kappa shape index (κ3) is 4.99. The van der Waals surface area contributed by atoms with Crippen molar-refractivity contribution in [2.75, 3.05) is 11.9 Å². The number of rotatable bonds is 6. The van der Waals surface area contributed by atoms with Crippen molar-refractivity contribution in [2.24, 2.45) is 0 Å². The van der Waals surface area contributed by atoms with Crippen LogP contribution in [0.5, 0.6) is 0 Å². The molecule has 0 spiro atoms. The molecule has 0 aliphatic carbocycles. The Morgan fingerprint density at radius 2 is 1.91 bits per heavy atom. The maximum Gasteiger partial charge on any atom is 0.417 e. The number of para-hydroxylation sites is 1. The highest BCUT2D eigenvalue weighted by Crippen LogP contribution is 2.34. The summed E-state index contributed by atoms with van der Waals surface area (Å²) in [7, 11) is 0. The molecule has 0 aliphatic heterocycles. The van der Waals surface area contributed by atoms with Crippen molar-refractivity contribution in [2.45, 2.75) is 32.2 Å². The van der Waals surface area contributed by atoms with Crippen LogP contribution < -0.4 is 5.32 Å². The molecule has 0 unspecified atom stereocenters. The summed E-state index contributed by atoms with van der Waals surface area (Å²) in [6.07, 6.45) is -3.34. The SMILES string of the molecule is CCOC(=O)c1cn(C[C@](C)(O)C(=O)Nc2ccc(C#N)c(C(F)(F)F)c2)c2ccccc12. The molecule has 0 aliphatic rings. The number of anilines is 1. The van der Waals surface area contributed by atoms with Crippen LogP contribution in [0.25, 0.3) is 10.9 Å². The first-order valence-electron chi connectivity index (χ1n) is 9.88. The first-order chi connectivity index (χ1) is 15.5. The number of nitriles is 1. The highest BCUT2D eigenvalue weighted by Gasteiger charge is 2.35. The van der Waals surface area contributed by atoms with Gasteiger partial charge in [0.2, 0.25) is 0 Å². The third-order valence-corrected chi connectivity index (χ3v) is 4.95. The monoisotopic (exact) mass is 459 g/mol. The van der Waals surface area contributed by atoms with Crippen LogP contribution in [0, 0.1) is 11.3 Å². The number of hydrogen-bond acceptors (Lipinski definition) is 5. The van der Waals surface area contributed by atoms with Gasteiger partial charge in [0.15, 0.2) is 5.60 Å². The molecule has 1 atom stereocenters. The lowest BCUT2D eigenvalue weighted by atomic mass is 10.0. The minimum absolute atomic E-state index is 0.170. The van der Waals surface area contributed by atoms with Crippen LogP contribution in [-0.4, -0.2) is 33.8 Å².